The Labute approximate surface area is 128 Å². The summed E-state index contributed by atoms with van der Waals surface area (Å²) in [6.07, 6.45) is 0. The Morgan fingerprint density at radius 2 is 1.05 bits per heavy atom. The third-order valence-corrected chi connectivity index (χ3v) is 4.30. The topological polar surface area (TPSA) is 103 Å². The highest BCUT2D eigenvalue weighted by molar-refractivity contribution is 7.85. The van der Waals surface area contributed by atoms with E-state index < -0.39 is 20.6 Å². The second-order valence-electron chi connectivity index (χ2n) is 4.54. The van der Waals surface area contributed by atoms with E-state index in [0.29, 0.717) is 20.9 Å². The number of nitrogens with zero attached hydrogens (tertiary/aromatic N) is 2. The Hall–Kier alpha value is -2.61. The maximum atomic E-state index is 12.4. The van der Waals surface area contributed by atoms with Crippen LogP contribution in [0.3, 0.4) is 0 Å². The standard InChI is InChI=1S/C14H12N2O5S/c17-15(18)9-11-1-5-13(6-2-11)22(21)14-7-3-12(4-8-14)10-16(19)20/h1-8H,9-10H2. The average molecular weight is 320 g/mol. The lowest BCUT2D eigenvalue weighted by atomic mass is 10.2. The van der Waals surface area contributed by atoms with E-state index in [1.165, 1.54) is 0 Å². The normalized spacial score (nSPS) is 10.6. The van der Waals surface area contributed by atoms with E-state index in [9.17, 15) is 24.4 Å². The van der Waals surface area contributed by atoms with Crippen LogP contribution in [0, 0.1) is 20.2 Å². The molecule has 0 amide bonds. The molecular formula is C14H12N2O5S. The van der Waals surface area contributed by atoms with E-state index in [2.05, 4.69) is 0 Å². The predicted octanol–water partition coefficient (Wildman–Crippen LogP) is 2.41. The highest BCUT2D eigenvalue weighted by atomic mass is 32.2. The number of rotatable bonds is 6. The molecule has 7 nitrogen and oxygen atoms in total. The number of hydrogen-bond acceptors (Lipinski definition) is 5. The van der Waals surface area contributed by atoms with Crippen molar-refractivity contribution in [1.82, 2.24) is 0 Å². The SMILES string of the molecule is O=[N+]([O-])Cc1ccc(S(=O)c2ccc(C[N+](=O)[O-])cc2)cc1. The van der Waals surface area contributed by atoms with Gasteiger partial charge >= 0.3 is 0 Å². The van der Waals surface area contributed by atoms with Crippen molar-refractivity contribution in [2.24, 2.45) is 0 Å². The van der Waals surface area contributed by atoms with Crippen molar-refractivity contribution in [3.8, 4) is 0 Å². The molecular weight excluding hydrogens is 308 g/mol. The molecule has 0 N–H and O–H groups in total. The first-order valence-corrected chi connectivity index (χ1v) is 7.44. The van der Waals surface area contributed by atoms with Gasteiger partial charge in [0.05, 0.1) is 10.8 Å². The second kappa shape index (κ2) is 6.90. The summed E-state index contributed by atoms with van der Waals surface area (Å²) in [4.78, 5) is 21.0. The van der Waals surface area contributed by atoms with Gasteiger partial charge in [-0.25, -0.2) is 4.21 Å². The average Bonchev–Trinajstić information content (AvgIpc) is 2.47. The highest BCUT2D eigenvalue weighted by Gasteiger charge is 2.09. The molecule has 2 rings (SSSR count). The smallest absolute Gasteiger partial charge is 0.228 e. The summed E-state index contributed by atoms with van der Waals surface area (Å²) >= 11 is 0. The molecule has 0 aromatic heterocycles. The lowest BCUT2D eigenvalue weighted by molar-refractivity contribution is -0.496. The summed E-state index contributed by atoms with van der Waals surface area (Å²) in [5, 5.41) is 20.8. The first-order valence-electron chi connectivity index (χ1n) is 6.29. The molecule has 0 heterocycles. The van der Waals surface area contributed by atoms with E-state index in [1.54, 1.807) is 48.5 Å². The van der Waals surface area contributed by atoms with Crippen LogP contribution in [0.25, 0.3) is 0 Å². The van der Waals surface area contributed by atoms with Crippen LogP contribution in [-0.4, -0.2) is 14.1 Å². The molecule has 22 heavy (non-hydrogen) atoms. The molecule has 0 radical (unpaired) electrons. The van der Waals surface area contributed by atoms with Gasteiger partial charge in [-0.1, -0.05) is 24.3 Å². The van der Waals surface area contributed by atoms with Crippen LogP contribution in [0.4, 0.5) is 0 Å². The number of nitro groups is 2. The van der Waals surface area contributed by atoms with Crippen LogP contribution in [0.2, 0.25) is 0 Å². The molecule has 2 aromatic rings. The van der Waals surface area contributed by atoms with Gasteiger partial charge < -0.3 is 0 Å². The largest absolute Gasteiger partial charge is 0.264 e. The summed E-state index contributed by atoms with van der Waals surface area (Å²) in [6, 6.07) is 12.6. The van der Waals surface area contributed by atoms with Gasteiger partial charge in [-0.3, -0.25) is 20.2 Å². The Kier molecular flexibility index (Phi) is 4.95. The van der Waals surface area contributed by atoms with Gasteiger partial charge in [0.15, 0.2) is 0 Å². The number of benzene rings is 2. The summed E-state index contributed by atoms with van der Waals surface area (Å²) < 4.78 is 12.4. The quantitative estimate of drug-likeness (QED) is 0.600. The third-order valence-electron chi connectivity index (χ3n) is 2.90. The van der Waals surface area contributed by atoms with E-state index >= 15 is 0 Å². The van der Waals surface area contributed by atoms with Crippen LogP contribution >= 0.6 is 0 Å². The second-order valence-corrected chi connectivity index (χ2v) is 6.02. The van der Waals surface area contributed by atoms with Crippen LogP contribution in [0.5, 0.6) is 0 Å². The molecule has 0 unspecified atom stereocenters. The molecule has 0 saturated carbocycles. The van der Waals surface area contributed by atoms with Crippen LogP contribution < -0.4 is 0 Å². The van der Waals surface area contributed by atoms with Crippen molar-refractivity contribution in [3.63, 3.8) is 0 Å². The van der Waals surface area contributed by atoms with Crippen LogP contribution in [0.15, 0.2) is 58.3 Å². The molecule has 0 bridgehead atoms. The highest BCUT2D eigenvalue weighted by Crippen LogP contribution is 2.18. The zero-order valence-electron chi connectivity index (χ0n) is 11.4. The molecule has 0 aliphatic rings. The van der Waals surface area contributed by atoms with Crippen molar-refractivity contribution < 1.29 is 14.1 Å². The molecule has 2 aromatic carbocycles. The Morgan fingerprint density at radius 3 is 1.32 bits per heavy atom. The van der Waals surface area contributed by atoms with Crippen molar-refractivity contribution in [1.29, 1.82) is 0 Å². The van der Waals surface area contributed by atoms with Gasteiger partial charge in [0.2, 0.25) is 13.1 Å². The van der Waals surface area contributed by atoms with E-state index in [0.717, 1.165) is 0 Å². The van der Waals surface area contributed by atoms with Gasteiger partial charge in [-0.15, -0.1) is 0 Å². The maximum Gasteiger partial charge on any atom is 0.228 e. The number of hydrogen-bond donors (Lipinski definition) is 0. The van der Waals surface area contributed by atoms with Crippen LogP contribution in [-0.2, 0) is 23.9 Å². The monoisotopic (exact) mass is 320 g/mol. The van der Waals surface area contributed by atoms with E-state index in [4.69, 9.17) is 0 Å². The molecule has 0 saturated heterocycles. The first kappa shape index (κ1) is 15.8. The third kappa shape index (κ3) is 4.19. The molecule has 0 aliphatic heterocycles. The Balaban J connectivity index is 2.13. The fraction of sp³-hybridized carbons (Fsp3) is 0.143. The Bertz CT molecular complexity index is 652. The summed E-state index contributed by atoms with van der Waals surface area (Å²) in [7, 11) is -1.43. The maximum absolute atomic E-state index is 12.4. The fourth-order valence-corrected chi connectivity index (χ4v) is 2.91. The van der Waals surface area contributed by atoms with Crippen molar-refractivity contribution >= 4 is 10.8 Å². The Morgan fingerprint density at radius 1 is 0.727 bits per heavy atom. The van der Waals surface area contributed by atoms with Crippen molar-refractivity contribution in [2.75, 3.05) is 0 Å². The van der Waals surface area contributed by atoms with E-state index in [1.807, 2.05) is 0 Å². The molecule has 0 aliphatic carbocycles. The predicted molar refractivity (Wildman–Crippen MR) is 79.0 cm³/mol. The fourth-order valence-electron chi connectivity index (χ4n) is 1.87. The minimum atomic E-state index is -1.43. The summed E-state index contributed by atoms with van der Waals surface area (Å²) in [5.41, 5.74) is 1.07. The zero-order valence-corrected chi connectivity index (χ0v) is 12.2. The summed E-state index contributed by atoms with van der Waals surface area (Å²) in [5.74, 6) is 0. The molecule has 0 spiro atoms. The minimum Gasteiger partial charge on any atom is -0.264 e. The van der Waals surface area contributed by atoms with Crippen molar-refractivity contribution in [3.05, 3.63) is 79.9 Å². The van der Waals surface area contributed by atoms with E-state index in [-0.39, 0.29) is 13.1 Å². The molecule has 0 fully saturated rings. The first-order chi connectivity index (χ1) is 10.5. The minimum absolute atomic E-state index is 0.275. The summed E-state index contributed by atoms with van der Waals surface area (Å²) in [6.45, 7) is -0.551. The van der Waals surface area contributed by atoms with Gasteiger partial charge in [0.25, 0.3) is 0 Å². The zero-order chi connectivity index (χ0) is 16.1. The lowest BCUT2D eigenvalue weighted by Crippen LogP contribution is -2.00. The van der Waals surface area contributed by atoms with Gasteiger partial charge in [-0.05, 0) is 24.3 Å². The lowest BCUT2D eigenvalue weighted by Gasteiger charge is -2.04. The molecule has 114 valence electrons. The van der Waals surface area contributed by atoms with Gasteiger partial charge in [0.1, 0.15) is 0 Å². The van der Waals surface area contributed by atoms with Gasteiger partial charge in [-0.2, -0.15) is 0 Å². The van der Waals surface area contributed by atoms with Crippen molar-refractivity contribution in [2.45, 2.75) is 22.9 Å². The van der Waals surface area contributed by atoms with Gasteiger partial charge in [0, 0.05) is 30.8 Å². The molecule has 0 atom stereocenters. The molecule has 8 heteroatoms. The van der Waals surface area contributed by atoms with Crippen LogP contribution in [0.1, 0.15) is 11.1 Å².